The predicted molar refractivity (Wildman–Crippen MR) is 136 cm³/mol. The SMILES string of the molecule is C=CC(=O)n1nc(Nc2ccccc2)c2c1CC(c1ccccc1)(c1cccc(OC)c1)C=C2. The van der Waals surface area contributed by atoms with E-state index in [1.54, 1.807) is 7.11 Å². The molecule has 4 aromatic rings. The summed E-state index contributed by atoms with van der Waals surface area (Å²) in [6.07, 6.45) is 6.13. The van der Waals surface area contributed by atoms with E-state index in [0.29, 0.717) is 12.2 Å². The number of para-hydroxylation sites is 1. The molecule has 0 aliphatic heterocycles. The minimum Gasteiger partial charge on any atom is -0.497 e. The van der Waals surface area contributed by atoms with Crippen molar-refractivity contribution in [2.45, 2.75) is 11.8 Å². The van der Waals surface area contributed by atoms with Crippen LogP contribution in [0, 0.1) is 0 Å². The van der Waals surface area contributed by atoms with Crippen molar-refractivity contribution in [2.75, 3.05) is 12.4 Å². The molecule has 0 saturated heterocycles. The molecule has 5 nitrogen and oxygen atoms in total. The highest BCUT2D eigenvalue weighted by Crippen LogP contribution is 2.44. The summed E-state index contributed by atoms with van der Waals surface area (Å²) in [4.78, 5) is 12.8. The number of carbonyl (C=O) groups is 1. The number of nitrogens with zero attached hydrogens (tertiary/aromatic N) is 2. The molecule has 1 aromatic heterocycles. The lowest BCUT2D eigenvalue weighted by atomic mass is 9.68. The van der Waals surface area contributed by atoms with Crippen LogP contribution in [0.1, 0.15) is 27.2 Å². The van der Waals surface area contributed by atoms with Gasteiger partial charge in [0.1, 0.15) is 5.75 Å². The van der Waals surface area contributed by atoms with Gasteiger partial charge in [0.15, 0.2) is 5.82 Å². The number of allylic oxidation sites excluding steroid dienone is 2. The summed E-state index contributed by atoms with van der Waals surface area (Å²) < 4.78 is 6.99. The molecule has 0 fully saturated rings. The fourth-order valence-electron chi connectivity index (χ4n) is 4.58. The van der Waals surface area contributed by atoms with Gasteiger partial charge in [-0.2, -0.15) is 4.68 Å². The first-order chi connectivity index (χ1) is 16.6. The molecule has 1 unspecified atom stereocenters. The average molecular weight is 448 g/mol. The van der Waals surface area contributed by atoms with E-state index in [-0.39, 0.29) is 5.91 Å². The Labute approximate surface area is 199 Å². The lowest BCUT2D eigenvalue weighted by Crippen LogP contribution is -2.32. The zero-order chi connectivity index (χ0) is 23.5. The van der Waals surface area contributed by atoms with Crippen molar-refractivity contribution in [2.24, 2.45) is 0 Å². The summed E-state index contributed by atoms with van der Waals surface area (Å²) >= 11 is 0. The van der Waals surface area contributed by atoms with Crippen molar-refractivity contribution >= 4 is 23.5 Å². The Morgan fingerprint density at radius 2 is 1.74 bits per heavy atom. The van der Waals surface area contributed by atoms with E-state index in [2.05, 4.69) is 53.4 Å². The zero-order valence-electron chi connectivity index (χ0n) is 18.9. The number of nitrogens with one attached hydrogen (secondary N) is 1. The van der Waals surface area contributed by atoms with Gasteiger partial charge in [-0.3, -0.25) is 4.79 Å². The lowest BCUT2D eigenvalue weighted by molar-refractivity contribution is 0.0950. The second-order valence-electron chi connectivity index (χ2n) is 8.23. The number of fused-ring (bicyclic) bond motifs is 1. The van der Waals surface area contributed by atoms with Gasteiger partial charge >= 0.3 is 0 Å². The Morgan fingerprint density at radius 1 is 1.03 bits per heavy atom. The predicted octanol–water partition coefficient (Wildman–Crippen LogP) is 6.02. The van der Waals surface area contributed by atoms with Gasteiger partial charge in [-0.25, -0.2) is 0 Å². The van der Waals surface area contributed by atoms with E-state index in [1.165, 1.54) is 10.8 Å². The zero-order valence-corrected chi connectivity index (χ0v) is 18.9. The van der Waals surface area contributed by atoms with Crippen molar-refractivity contribution in [3.63, 3.8) is 0 Å². The molecule has 1 N–H and O–H groups in total. The Kier molecular flexibility index (Phi) is 5.60. The molecule has 0 saturated carbocycles. The molecule has 0 bridgehead atoms. The number of benzene rings is 3. The fourth-order valence-corrected chi connectivity index (χ4v) is 4.58. The number of rotatable bonds is 6. The normalized spacial score (nSPS) is 16.5. The summed E-state index contributed by atoms with van der Waals surface area (Å²) in [6.45, 7) is 3.69. The van der Waals surface area contributed by atoms with E-state index in [1.807, 2.05) is 60.7 Å². The maximum absolute atomic E-state index is 12.8. The van der Waals surface area contributed by atoms with Crippen molar-refractivity contribution < 1.29 is 9.53 Å². The molecule has 1 aliphatic rings. The molecule has 5 rings (SSSR count). The Bertz CT molecular complexity index is 1370. The molecule has 168 valence electrons. The van der Waals surface area contributed by atoms with Gasteiger partial charge < -0.3 is 10.1 Å². The van der Waals surface area contributed by atoms with Gasteiger partial charge in [0.05, 0.1) is 12.8 Å². The fraction of sp³-hybridized carbons (Fsp3) is 0.103. The van der Waals surface area contributed by atoms with Crippen molar-refractivity contribution in [3.8, 4) is 5.75 Å². The van der Waals surface area contributed by atoms with E-state index < -0.39 is 5.41 Å². The third kappa shape index (κ3) is 3.71. The van der Waals surface area contributed by atoms with Crippen LogP contribution in [0.4, 0.5) is 11.5 Å². The molecular weight excluding hydrogens is 422 g/mol. The summed E-state index contributed by atoms with van der Waals surface area (Å²) in [5.74, 6) is 1.16. The maximum Gasteiger partial charge on any atom is 0.270 e. The number of aromatic nitrogens is 2. The molecule has 0 amide bonds. The standard InChI is InChI=1S/C29H25N3O2/c1-3-27(33)32-26-20-29(21-11-6-4-7-12-21,22-13-10-16-24(19-22)34-2)18-17-25(26)28(31-32)30-23-14-8-5-9-15-23/h3-19H,1,20H2,2H3,(H,30,31). The van der Waals surface area contributed by atoms with Gasteiger partial charge in [0.2, 0.25) is 0 Å². The third-order valence-corrected chi connectivity index (χ3v) is 6.30. The quantitative estimate of drug-likeness (QED) is 0.367. The Hall–Kier alpha value is -4.38. The minimum absolute atomic E-state index is 0.264. The third-order valence-electron chi connectivity index (χ3n) is 6.30. The van der Waals surface area contributed by atoms with E-state index in [9.17, 15) is 4.79 Å². The van der Waals surface area contributed by atoms with Crippen LogP contribution in [0.3, 0.4) is 0 Å². The minimum atomic E-state index is -0.494. The first kappa shape index (κ1) is 21.5. The number of ether oxygens (including phenoxy) is 1. The van der Waals surface area contributed by atoms with Crippen LogP contribution in [-0.4, -0.2) is 22.8 Å². The number of hydrogen-bond acceptors (Lipinski definition) is 4. The summed E-state index contributed by atoms with van der Waals surface area (Å²) in [5.41, 5.74) is 4.34. The number of methoxy groups -OCH3 is 1. The number of anilines is 2. The second kappa shape index (κ2) is 8.87. The van der Waals surface area contributed by atoms with E-state index in [0.717, 1.165) is 33.8 Å². The molecule has 3 aromatic carbocycles. The van der Waals surface area contributed by atoms with Gasteiger partial charge in [-0.1, -0.05) is 79.4 Å². The summed E-state index contributed by atoms with van der Waals surface area (Å²) in [7, 11) is 1.67. The van der Waals surface area contributed by atoms with Gasteiger partial charge in [-0.15, -0.1) is 5.10 Å². The molecule has 1 heterocycles. The average Bonchev–Trinajstić information content (AvgIpc) is 3.26. The van der Waals surface area contributed by atoms with Crippen LogP contribution < -0.4 is 10.1 Å². The highest BCUT2D eigenvalue weighted by atomic mass is 16.5. The van der Waals surface area contributed by atoms with E-state index in [4.69, 9.17) is 4.74 Å². The lowest BCUT2D eigenvalue weighted by Gasteiger charge is -2.35. The van der Waals surface area contributed by atoms with Crippen LogP contribution in [0.15, 0.2) is 104 Å². The van der Waals surface area contributed by atoms with Crippen LogP contribution in [0.5, 0.6) is 5.75 Å². The van der Waals surface area contributed by atoms with Crippen molar-refractivity contribution in [3.05, 3.63) is 126 Å². The Morgan fingerprint density at radius 3 is 2.44 bits per heavy atom. The maximum atomic E-state index is 12.8. The van der Waals surface area contributed by atoms with Gasteiger partial charge in [0, 0.05) is 23.1 Å². The molecule has 0 radical (unpaired) electrons. The van der Waals surface area contributed by atoms with Gasteiger partial charge in [-0.05, 0) is 41.5 Å². The monoisotopic (exact) mass is 447 g/mol. The summed E-state index contributed by atoms with van der Waals surface area (Å²) in [6, 6.07) is 28.2. The topological polar surface area (TPSA) is 56.2 Å². The summed E-state index contributed by atoms with van der Waals surface area (Å²) in [5, 5.41) is 8.02. The van der Waals surface area contributed by atoms with Gasteiger partial charge in [0.25, 0.3) is 5.91 Å². The molecule has 34 heavy (non-hydrogen) atoms. The van der Waals surface area contributed by atoms with Crippen LogP contribution >= 0.6 is 0 Å². The molecule has 0 spiro atoms. The number of carbonyl (C=O) groups excluding carboxylic acids is 1. The Balaban J connectivity index is 1.69. The second-order valence-corrected chi connectivity index (χ2v) is 8.23. The first-order valence-corrected chi connectivity index (χ1v) is 11.1. The molecule has 1 aliphatic carbocycles. The smallest absolute Gasteiger partial charge is 0.270 e. The first-order valence-electron chi connectivity index (χ1n) is 11.1. The molecule has 5 heteroatoms. The van der Waals surface area contributed by atoms with E-state index >= 15 is 0 Å². The highest BCUT2D eigenvalue weighted by Gasteiger charge is 2.38. The van der Waals surface area contributed by atoms with Crippen LogP contribution in [0.2, 0.25) is 0 Å². The van der Waals surface area contributed by atoms with Crippen LogP contribution in [0.25, 0.3) is 6.08 Å². The molecular formula is C29H25N3O2. The van der Waals surface area contributed by atoms with Crippen LogP contribution in [-0.2, 0) is 11.8 Å². The number of hydrogen-bond donors (Lipinski definition) is 1. The van der Waals surface area contributed by atoms with Crippen molar-refractivity contribution in [1.29, 1.82) is 0 Å². The highest BCUT2D eigenvalue weighted by molar-refractivity contribution is 5.91. The van der Waals surface area contributed by atoms with Crippen molar-refractivity contribution in [1.82, 2.24) is 9.78 Å². The molecule has 1 atom stereocenters. The largest absolute Gasteiger partial charge is 0.497 e.